The Bertz CT molecular complexity index is 1280. The van der Waals surface area contributed by atoms with Crippen LogP contribution in [0.25, 0.3) is 0 Å². The molecular weight excluding hydrogens is 481 g/mol. The SMILES string of the molecule is COc1ccc(F)cc1C=Nn1cc(/C(C)=N/OC(C)C)c(=O)n(CC(NC(=O)C(C)C)C(C)C)c1=O. The van der Waals surface area contributed by atoms with Crippen LogP contribution in [0.3, 0.4) is 0 Å². The zero-order valence-electron chi connectivity index (χ0n) is 22.6. The van der Waals surface area contributed by atoms with E-state index in [1.54, 1.807) is 34.6 Å². The van der Waals surface area contributed by atoms with E-state index >= 15 is 0 Å². The van der Waals surface area contributed by atoms with Gasteiger partial charge in [0.15, 0.2) is 0 Å². The fourth-order valence-electron chi connectivity index (χ4n) is 3.21. The number of rotatable bonds is 11. The third-order valence-corrected chi connectivity index (χ3v) is 5.49. The molecule has 1 aromatic heterocycles. The molecule has 1 aromatic carbocycles. The quantitative estimate of drug-likeness (QED) is 0.363. The van der Waals surface area contributed by atoms with Gasteiger partial charge >= 0.3 is 5.69 Å². The number of nitrogens with one attached hydrogen (secondary N) is 1. The van der Waals surface area contributed by atoms with Crippen LogP contribution in [0, 0.1) is 17.7 Å². The molecular formula is C26H36FN5O5. The molecule has 202 valence electrons. The monoisotopic (exact) mass is 517 g/mol. The Hall–Kier alpha value is -3.76. The highest BCUT2D eigenvalue weighted by molar-refractivity contribution is 5.97. The number of nitrogens with zero attached hydrogens (tertiary/aromatic N) is 4. The van der Waals surface area contributed by atoms with Gasteiger partial charge in [-0.05, 0) is 44.9 Å². The van der Waals surface area contributed by atoms with Gasteiger partial charge in [-0.3, -0.25) is 14.2 Å². The van der Waals surface area contributed by atoms with Gasteiger partial charge < -0.3 is 14.9 Å². The van der Waals surface area contributed by atoms with Crippen molar-refractivity contribution in [1.82, 2.24) is 14.6 Å². The molecule has 1 N–H and O–H groups in total. The zero-order valence-corrected chi connectivity index (χ0v) is 22.6. The molecule has 1 atom stereocenters. The summed E-state index contributed by atoms with van der Waals surface area (Å²) in [4.78, 5) is 44.4. The summed E-state index contributed by atoms with van der Waals surface area (Å²) in [6.07, 6.45) is 2.29. The third-order valence-electron chi connectivity index (χ3n) is 5.49. The highest BCUT2D eigenvalue weighted by atomic mass is 19.1. The summed E-state index contributed by atoms with van der Waals surface area (Å²) >= 11 is 0. The summed E-state index contributed by atoms with van der Waals surface area (Å²) in [5.74, 6) is -0.692. The number of halogens is 1. The molecule has 0 fully saturated rings. The molecule has 0 aliphatic rings. The standard InChI is InChI=1S/C26H36FN5O5/c1-15(2)22(29-24(33)16(3)4)14-31-25(34)21(18(7)30-37-17(5)6)13-32(26(31)35)28-12-19-11-20(27)9-10-23(19)36-8/h9-13,15-17,22H,14H2,1-8H3,(H,29,33)/b28-12?,30-18+. The van der Waals surface area contributed by atoms with Gasteiger partial charge in [0.2, 0.25) is 5.91 Å². The average molecular weight is 518 g/mol. The largest absolute Gasteiger partial charge is 0.496 e. The predicted molar refractivity (Wildman–Crippen MR) is 141 cm³/mol. The summed E-state index contributed by atoms with van der Waals surface area (Å²) in [7, 11) is 1.43. The average Bonchev–Trinajstić information content (AvgIpc) is 2.83. The van der Waals surface area contributed by atoms with Crippen LogP contribution in [-0.2, 0) is 16.2 Å². The molecule has 0 radical (unpaired) electrons. The van der Waals surface area contributed by atoms with Crippen molar-refractivity contribution < 1.29 is 18.8 Å². The van der Waals surface area contributed by atoms with E-state index in [0.717, 1.165) is 9.24 Å². The number of ether oxygens (including phenoxy) is 1. The van der Waals surface area contributed by atoms with Crippen molar-refractivity contribution in [2.24, 2.45) is 22.1 Å². The first-order valence-corrected chi connectivity index (χ1v) is 12.1. The van der Waals surface area contributed by atoms with Crippen LogP contribution in [-0.4, -0.2) is 46.3 Å². The highest BCUT2D eigenvalue weighted by Crippen LogP contribution is 2.17. The van der Waals surface area contributed by atoms with Crippen LogP contribution in [0.4, 0.5) is 4.39 Å². The van der Waals surface area contributed by atoms with Crippen molar-refractivity contribution in [1.29, 1.82) is 0 Å². The van der Waals surface area contributed by atoms with Gasteiger partial charge in [0, 0.05) is 23.7 Å². The lowest BCUT2D eigenvalue weighted by Gasteiger charge is -2.24. The summed E-state index contributed by atoms with van der Waals surface area (Å²) in [5, 5.41) is 11.1. The maximum atomic E-state index is 13.8. The molecule has 1 amide bonds. The van der Waals surface area contributed by atoms with Gasteiger partial charge in [-0.25, -0.2) is 9.18 Å². The molecule has 2 aromatic rings. The number of methoxy groups -OCH3 is 1. The van der Waals surface area contributed by atoms with Crippen molar-refractivity contribution in [3.63, 3.8) is 0 Å². The normalized spacial score (nSPS) is 13.0. The Balaban J connectivity index is 2.68. The second kappa shape index (κ2) is 13.0. The van der Waals surface area contributed by atoms with Gasteiger partial charge in [0.25, 0.3) is 5.56 Å². The van der Waals surface area contributed by atoms with E-state index < -0.39 is 23.1 Å². The number of amides is 1. The van der Waals surface area contributed by atoms with E-state index in [4.69, 9.17) is 9.57 Å². The smallest absolute Gasteiger partial charge is 0.351 e. The van der Waals surface area contributed by atoms with Crippen LogP contribution in [0.2, 0.25) is 0 Å². The van der Waals surface area contributed by atoms with Crippen LogP contribution >= 0.6 is 0 Å². The fraction of sp³-hybridized carbons (Fsp3) is 0.500. The summed E-state index contributed by atoms with van der Waals surface area (Å²) in [5.41, 5.74) is -0.708. The lowest BCUT2D eigenvalue weighted by molar-refractivity contribution is -0.125. The fourth-order valence-corrected chi connectivity index (χ4v) is 3.21. The van der Waals surface area contributed by atoms with Crippen LogP contribution in [0.1, 0.15) is 59.6 Å². The van der Waals surface area contributed by atoms with Crippen LogP contribution in [0.5, 0.6) is 5.75 Å². The number of benzene rings is 1. The number of aromatic nitrogens is 2. The lowest BCUT2D eigenvalue weighted by Crippen LogP contribution is -2.49. The molecule has 37 heavy (non-hydrogen) atoms. The van der Waals surface area contributed by atoms with E-state index in [0.29, 0.717) is 11.3 Å². The van der Waals surface area contributed by atoms with Crippen LogP contribution < -0.4 is 21.3 Å². The third kappa shape index (κ3) is 7.86. The summed E-state index contributed by atoms with van der Waals surface area (Å²) in [6.45, 7) is 12.4. The molecule has 0 saturated carbocycles. The van der Waals surface area contributed by atoms with E-state index in [9.17, 15) is 18.8 Å². The number of hydrogen-bond donors (Lipinski definition) is 1. The van der Waals surface area contributed by atoms with E-state index in [2.05, 4.69) is 15.6 Å². The molecule has 1 unspecified atom stereocenters. The van der Waals surface area contributed by atoms with E-state index in [1.807, 2.05) is 13.8 Å². The zero-order chi connectivity index (χ0) is 27.9. The number of carbonyl (C=O) groups excluding carboxylic acids is 1. The lowest BCUT2D eigenvalue weighted by atomic mass is 10.0. The van der Waals surface area contributed by atoms with Gasteiger partial charge in [-0.15, -0.1) is 0 Å². The second-order valence-corrected chi connectivity index (χ2v) is 9.56. The minimum absolute atomic E-state index is 0.0785. The number of oxime groups is 1. The Morgan fingerprint density at radius 2 is 1.84 bits per heavy atom. The van der Waals surface area contributed by atoms with Gasteiger partial charge in [-0.2, -0.15) is 9.78 Å². The van der Waals surface area contributed by atoms with Crippen molar-refractivity contribution >= 4 is 17.8 Å². The molecule has 10 nitrogen and oxygen atoms in total. The molecule has 0 aliphatic carbocycles. The molecule has 2 rings (SSSR count). The predicted octanol–water partition coefficient (Wildman–Crippen LogP) is 2.99. The van der Waals surface area contributed by atoms with Crippen molar-refractivity contribution in [2.75, 3.05) is 7.11 Å². The molecule has 0 saturated heterocycles. The maximum absolute atomic E-state index is 13.8. The van der Waals surface area contributed by atoms with Gasteiger partial charge in [-0.1, -0.05) is 32.9 Å². The first-order chi connectivity index (χ1) is 17.3. The van der Waals surface area contributed by atoms with E-state index in [1.165, 1.54) is 37.7 Å². The van der Waals surface area contributed by atoms with Crippen molar-refractivity contribution in [3.05, 3.63) is 62.2 Å². The molecule has 0 bridgehead atoms. The van der Waals surface area contributed by atoms with Crippen molar-refractivity contribution in [2.45, 2.75) is 67.2 Å². The Kier molecular flexibility index (Phi) is 10.3. The van der Waals surface area contributed by atoms with Gasteiger partial charge in [0.1, 0.15) is 17.7 Å². The molecule has 0 spiro atoms. The number of hydrogen-bond acceptors (Lipinski definition) is 7. The van der Waals surface area contributed by atoms with Crippen molar-refractivity contribution in [3.8, 4) is 5.75 Å². The topological polar surface area (TPSA) is 116 Å². The van der Waals surface area contributed by atoms with Gasteiger partial charge in [0.05, 0.1) is 31.1 Å². The minimum atomic E-state index is -0.734. The number of carbonyl (C=O) groups is 1. The summed E-state index contributed by atoms with van der Waals surface area (Å²) < 4.78 is 21.0. The first kappa shape index (κ1) is 29.5. The Morgan fingerprint density at radius 1 is 1.16 bits per heavy atom. The minimum Gasteiger partial charge on any atom is -0.496 e. The first-order valence-electron chi connectivity index (χ1n) is 12.1. The maximum Gasteiger partial charge on any atom is 0.351 e. The van der Waals surface area contributed by atoms with E-state index in [-0.39, 0.29) is 41.7 Å². The highest BCUT2D eigenvalue weighted by Gasteiger charge is 2.22. The molecule has 0 aliphatic heterocycles. The summed E-state index contributed by atoms with van der Waals surface area (Å²) in [6, 6.07) is 3.40. The Morgan fingerprint density at radius 3 is 2.41 bits per heavy atom. The van der Waals surface area contributed by atoms with Crippen LogP contribution in [0.15, 0.2) is 44.2 Å². The molecule has 11 heteroatoms. The second-order valence-electron chi connectivity index (χ2n) is 9.56. The Labute approximate surface area is 215 Å². The molecule has 1 heterocycles.